The molecular formula is C16H22ClN3. The van der Waals surface area contributed by atoms with Crippen molar-refractivity contribution in [3.05, 3.63) is 52.3 Å². The molecule has 0 aliphatic carbocycles. The summed E-state index contributed by atoms with van der Waals surface area (Å²) < 4.78 is 2.08. The molecule has 0 bridgehead atoms. The number of nitrogens with zero attached hydrogens (tertiary/aromatic N) is 2. The molecule has 1 aromatic heterocycles. The Morgan fingerprint density at radius 2 is 2.05 bits per heavy atom. The zero-order valence-corrected chi connectivity index (χ0v) is 13.1. The van der Waals surface area contributed by atoms with E-state index in [9.17, 15) is 0 Å². The molecule has 1 unspecified atom stereocenters. The molecule has 0 amide bonds. The number of aromatic nitrogens is 2. The van der Waals surface area contributed by atoms with Crippen LogP contribution in [0, 0.1) is 0 Å². The fraction of sp³-hybridized carbons (Fsp3) is 0.438. The van der Waals surface area contributed by atoms with Crippen LogP contribution in [0.2, 0.25) is 5.02 Å². The van der Waals surface area contributed by atoms with E-state index in [0.717, 1.165) is 30.2 Å². The van der Waals surface area contributed by atoms with Gasteiger partial charge in [-0.2, -0.15) is 5.10 Å². The molecular weight excluding hydrogens is 270 g/mol. The number of hydrogen-bond donors (Lipinski definition) is 1. The lowest BCUT2D eigenvalue weighted by Crippen LogP contribution is -2.24. The number of nitrogens with one attached hydrogen (secondary N) is 1. The Morgan fingerprint density at radius 1 is 1.25 bits per heavy atom. The smallest absolute Gasteiger partial charge is 0.0748 e. The van der Waals surface area contributed by atoms with Crippen LogP contribution in [0.3, 0.4) is 0 Å². The Labute approximate surface area is 126 Å². The van der Waals surface area contributed by atoms with E-state index < -0.39 is 0 Å². The highest BCUT2D eigenvalue weighted by Crippen LogP contribution is 2.25. The molecule has 3 nitrogen and oxygen atoms in total. The Morgan fingerprint density at radius 3 is 2.65 bits per heavy atom. The van der Waals surface area contributed by atoms with Crippen LogP contribution in [-0.4, -0.2) is 16.3 Å². The van der Waals surface area contributed by atoms with Crippen LogP contribution in [0.5, 0.6) is 0 Å². The molecule has 0 aliphatic rings. The normalized spacial score (nSPS) is 12.6. The monoisotopic (exact) mass is 291 g/mol. The molecule has 2 rings (SSSR count). The number of hydrogen-bond acceptors (Lipinski definition) is 2. The second-order valence-corrected chi connectivity index (χ2v) is 5.21. The Hall–Kier alpha value is -1.32. The number of aryl methyl sites for hydroxylation is 2. The first-order valence-electron chi connectivity index (χ1n) is 7.25. The van der Waals surface area contributed by atoms with Crippen molar-refractivity contribution in [2.75, 3.05) is 6.54 Å². The van der Waals surface area contributed by atoms with E-state index in [-0.39, 0.29) is 6.04 Å². The SMILES string of the molecule is CCNC(c1cccc(Cl)c1)c1cc(CC)nn1CC. The average molecular weight is 292 g/mol. The lowest BCUT2D eigenvalue weighted by Gasteiger charge is -2.19. The van der Waals surface area contributed by atoms with Crippen molar-refractivity contribution in [1.82, 2.24) is 15.1 Å². The second kappa shape index (κ2) is 6.91. The quantitative estimate of drug-likeness (QED) is 0.877. The largest absolute Gasteiger partial charge is 0.305 e. The van der Waals surface area contributed by atoms with Gasteiger partial charge in [0.15, 0.2) is 0 Å². The minimum Gasteiger partial charge on any atom is -0.305 e. The fourth-order valence-electron chi connectivity index (χ4n) is 2.43. The van der Waals surface area contributed by atoms with Crippen LogP contribution >= 0.6 is 11.6 Å². The summed E-state index contributed by atoms with van der Waals surface area (Å²) in [5, 5.41) is 8.94. The maximum atomic E-state index is 6.13. The number of benzene rings is 1. The highest BCUT2D eigenvalue weighted by Gasteiger charge is 2.18. The molecule has 0 aliphatic heterocycles. The molecule has 0 fully saturated rings. The summed E-state index contributed by atoms with van der Waals surface area (Å²) in [6.07, 6.45) is 0.953. The van der Waals surface area contributed by atoms with Crippen LogP contribution in [0.25, 0.3) is 0 Å². The van der Waals surface area contributed by atoms with Gasteiger partial charge in [0.1, 0.15) is 0 Å². The zero-order valence-electron chi connectivity index (χ0n) is 12.4. The van der Waals surface area contributed by atoms with Crippen molar-refractivity contribution >= 4 is 11.6 Å². The molecule has 0 spiro atoms. The second-order valence-electron chi connectivity index (χ2n) is 4.78. The summed E-state index contributed by atoms with van der Waals surface area (Å²) >= 11 is 6.13. The number of halogens is 1. The highest BCUT2D eigenvalue weighted by molar-refractivity contribution is 6.30. The van der Waals surface area contributed by atoms with Gasteiger partial charge in [0.25, 0.3) is 0 Å². The molecule has 4 heteroatoms. The van der Waals surface area contributed by atoms with Crippen LogP contribution in [0.1, 0.15) is 43.8 Å². The number of rotatable bonds is 6. The van der Waals surface area contributed by atoms with Crippen molar-refractivity contribution in [3.8, 4) is 0 Å². The first kappa shape index (κ1) is 15.1. The van der Waals surface area contributed by atoms with E-state index >= 15 is 0 Å². The predicted molar refractivity (Wildman–Crippen MR) is 84.3 cm³/mol. The van der Waals surface area contributed by atoms with Crippen molar-refractivity contribution in [2.24, 2.45) is 0 Å². The van der Waals surface area contributed by atoms with Gasteiger partial charge in [0, 0.05) is 11.6 Å². The lowest BCUT2D eigenvalue weighted by molar-refractivity contribution is 0.540. The first-order valence-corrected chi connectivity index (χ1v) is 7.62. The van der Waals surface area contributed by atoms with Crippen LogP contribution < -0.4 is 5.32 Å². The highest BCUT2D eigenvalue weighted by atomic mass is 35.5. The molecule has 1 aromatic carbocycles. The van der Waals surface area contributed by atoms with Crippen molar-refractivity contribution < 1.29 is 0 Å². The van der Waals surface area contributed by atoms with Gasteiger partial charge in [-0.05, 0) is 43.7 Å². The van der Waals surface area contributed by atoms with Gasteiger partial charge >= 0.3 is 0 Å². The predicted octanol–water partition coefficient (Wildman–Crippen LogP) is 3.82. The first-order chi connectivity index (χ1) is 9.69. The topological polar surface area (TPSA) is 29.9 Å². The van der Waals surface area contributed by atoms with Gasteiger partial charge in [-0.25, -0.2) is 0 Å². The minimum absolute atomic E-state index is 0.131. The van der Waals surface area contributed by atoms with E-state index in [4.69, 9.17) is 11.6 Å². The summed E-state index contributed by atoms with van der Waals surface area (Å²) in [5.74, 6) is 0. The van der Waals surface area contributed by atoms with Crippen molar-refractivity contribution in [2.45, 2.75) is 39.8 Å². The molecule has 20 heavy (non-hydrogen) atoms. The standard InChI is InChI=1S/C16H22ClN3/c1-4-14-11-15(20(6-3)19-14)16(18-5-2)12-8-7-9-13(17)10-12/h7-11,16,18H,4-6H2,1-3H3. The molecule has 0 saturated carbocycles. The lowest BCUT2D eigenvalue weighted by atomic mass is 10.0. The van der Waals surface area contributed by atoms with Crippen molar-refractivity contribution in [1.29, 1.82) is 0 Å². The van der Waals surface area contributed by atoms with Gasteiger partial charge in [0.05, 0.1) is 17.4 Å². The molecule has 1 N–H and O–H groups in total. The summed E-state index contributed by atoms with van der Waals surface area (Å²) in [5.41, 5.74) is 3.51. The van der Waals surface area contributed by atoms with Gasteiger partial charge in [0.2, 0.25) is 0 Å². The molecule has 1 heterocycles. The van der Waals surface area contributed by atoms with E-state index in [1.807, 2.05) is 18.2 Å². The summed E-state index contributed by atoms with van der Waals surface area (Å²) in [6.45, 7) is 8.14. The van der Waals surface area contributed by atoms with E-state index in [1.165, 1.54) is 11.3 Å². The molecule has 0 saturated heterocycles. The fourth-order valence-corrected chi connectivity index (χ4v) is 2.63. The molecule has 0 radical (unpaired) electrons. The molecule has 2 aromatic rings. The third-order valence-electron chi connectivity index (χ3n) is 3.41. The van der Waals surface area contributed by atoms with Gasteiger partial charge in [-0.3, -0.25) is 4.68 Å². The summed E-state index contributed by atoms with van der Waals surface area (Å²) in [6, 6.07) is 10.4. The van der Waals surface area contributed by atoms with E-state index in [1.54, 1.807) is 0 Å². The van der Waals surface area contributed by atoms with Crippen LogP contribution in [-0.2, 0) is 13.0 Å². The minimum atomic E-state index is 0.131. The summed E-state index contributed by atoms with van der Waals surface area (Å²) in [7, 11) is 0. The third-order valence-corrected chi connectivity index (χ3v) is 3.64. The van der Waals surface area contributed by atoms with Gasteiger partial charge in [-0.15, -0.1) is 0 Å². The van der Waals surface area contributed by atoms with Gasteiger partial charge < -0.3 is 5.32 Å². The zero-order chi connectivity index (χ0) is 14.5. The van der Waals surface area contributed by atoms with Crippen LogP contribution in [0.4, 0.5) is 0 Å². The third kappa shape index (κ3) is 3.22. The van der Waals surface area contributed by atoms with E-state index in [2.05, 4.69) is 48.0 Å². The van der Waals surface area contributed by atoms with Crippen molar-refractivity contribution in [3.63, 3.8) is 0 Å². The summed E-state index contributed by atoms with van der Waals surface area (Å²) in [4.78, 5) is 0. The van der Waals surface area contributed by atoms with E-state index in [0.29, 0.717) is 0 Å². The molecule has 108 valence electrons. The Balaban J connectivity index is 2.45. The van der Waals surface area contributed by atoms with Crippen LogP contribution in [0.15, 0.2) is 30.3 Å². The van der Waals surface area contributed by atoms with Gasteiger partial charge in [-0.1, -0.05) is 37.6 Å². The maximum Gasteiger partial charge on any atom is 0.0748 e. The maximum absolute atomic E-state index is 6.13. The molecule has 1 atom stereocenters. The Bertz CT molecular complexity index is 563. The average Bonchev–Trinajstić information content (AvgIpc) is 2.87. The Kier molecular flexibility index (Phi) is 5.21.